The molecule has 3 nitrogen and oxygen atoms in total. The summed E-state index contributed by atoms with van der Waals surface area (Å²) in [6, 6.07) is 32.3. The molecule has 0 saturated carbocycles. The summed E-state index contributed by atoms with van der Waals surface area (Å²) < 4.78 is 19.6. The van der Waals surface area contributed by atoms with Crippen LogP contribution < -0.4 is 9.34 Å². The molecule has 5 rings (SSSR count). The van der Waals surface area contributed by atoms with Crippen LogP contribution >= 0.6 is 8.10 Å². The number of hydrogen-bond donors (Lipinski definition) is 0. The molecule has 4 aromatic carbocycles. The lowest BCUT2D eigenvalue weighted by Gasteiger charge is -2.28. The van der Waals surface area contributed by atoms with Crippen molar-refractivity contribution in [2.24, 2.45) is 0 Å². The van der Waals surface area contributed by atoms with Gasteiger partial charge >= 0.3 is 8.10 Å². The third-order valence-corrected chi connectivity index (χ3v) is 9.92. The van der Waals surface area contributed by atoms with Crippen LogP contribution in [0.2, 0.25) is 0 Å². The normalized spacial score (nSPS) is 18.7. The zero-order valence-electron chi connectivity index (χ0n) is 26.1. The van der Waals surface area contributed by atoms with E-state index in [2.05, 4.69) is 163 Å². The Morgan fingerprint density at radius 1 is 0.585 bits per heavy atom. The number of hydrogen-bond acceptors (Lipinski definition) is 1. The van der Waals surface area contributed by atoms with Crippen LogP contribution in [0.1, 0.15) is 92.6 Å². The fourth-order valence-electron chi connectivity index (χ4n) is 6.16. The monoisotopic (exact) mass is 563 g/mol. The molecule has 1 fully saturated rings. The van der Waals surface area contributed by atoms with E-state index in [0.29, 0.717) is 0 Å². The highest BCUT2D eigenvalue weighted by molar-refractivity contribution is 7.49. The Labute approximate surface area is 248 Å². The van der Waals surface area contributed by atoms with Gasteiger partial charge in [0.2, 0.25) is 0 Å². The van der Waals surface area contributed by atoms with E-state index in [1.807, 2.05) is 0 Å². The smallest absolute Gasteiger partial charge is 0.135 e. The molecule has 0 spiro atoms. The van der Waals surface area contributed by atoms with Crippen LogP contribution in [0.5, 0.6) is 0 Å². The van der Waals surface area contributed by atoms with Gasteiger partial charge in [0.05, 0.1) is 11.4 Å². The summed E-state index contributed by atoms with van der Waals surface area (Å²) in [6.45, 7) is 20.0. The second kappa shape index (κ2) is 10.8. The highest BCUT2D eigenvalue weighted by atomic mass is 31.1. The summed E-state index contributed by atoms with van der Waals surface area (Å²) in [5.41, 5.74) is 10.3. The first kappa shape index (κ1) is 29.1. The Hall–Kier alpha value is -3.42. The molecule has 1 aliphatic rings. The first-order valence-electron chi connectivity index (χ1n) is 14.7. The molecule has 0 amide bonds. The maximum absolute atomic E-state index is 15.2. The average molecular weight is 564 g/mol. The van der Waals surface area contributed by atoms with E-state index in [4.69, 9.17) is 0 Å². The van der Waals surface area contributed by atoms with E-state index >= 15 is 4.57 Å². The van der Waals surface area contributed by atoms with Gasteiger partial charge in [0.15, 0.2) is 0 Å². The SMILES string of the molecule is Cc1cc(C)c(N2[C@@H](c3ccccc3)[C@H](c3ccccc3)N(c3cc(C(C)(C)C)cc(C(C)(C)C)c3)[P+]2=O)c(C)c1. The van der Waals surface area contributed by atoms with Crippen LogP contribution in [0.15, 0.2) is 91.0 Å². The maximum Gasteiger partial charge on any atom is 0.597 e. The number of aryl methyl sites for hydroxylation is 3. The molecule has 0 bridgehead atoms. The highest BCUT2D eigenvalue weighted by Gasteiger charge is 2.59. The Morgan fingerprint density at radius 3 is 1.41 bits per heavy atom. The molecular formula is C37H44N2OP+. The van der Waals surface area contributed by atoms with Crippen LogP contribution in [-0.4, -0.2) is 0 Å². The summed E-state index contributed by atoms with van der Waals surface area (Å²) in [5, 5.41) is 0. The van der Waals surface area contributed by atoms with E-state index < -0.39 is 8.10 Å². The van der Waals surface area contributed by atoms with Crippen molar-refractivity contribution < 1.29 is 4.57 Å². The molecule has 1 aliphatic heterocycles. The van der Waals surface area contributed by atoms with Gasteiger partial charge in [-0.2, -0.15) is 0 Å². The van der Waals surface area contributed by atoms with E-state index in [9.17, 15) is 0 Å². The summed E-state index contributed by atoms with van der Waals surface area (Å²) in [5.74, 6) is 0. The number of anilines is 2. The van der Waals surface area contributed by atoms with Crippen molar-refractivity contribution >= 4 is 19.5 Å². The van der Waals surface area contributed by atoms with Gasteiger partial charge in [-0.3, -0.25) is 0 Å². The first-order valence-corrected chi connectivity index (χ1v) is 15.8. The zero-order valence-corrected chi connectivity index (χ0v) is 27.0. The van der Waals surface area contributed by atoms with Gasteiger partial charge in [0.25, 0.3) is 0 Å². The van der Waals surface area contributed by atoms with Crippen molar-refractivity contribution in [3.63, 3.8) is 0 Å². The molecule has 212 valence electrons. The van der Waals surface area contributed by atoms with Gasteiger partial charge in [-0.25, -0.2) is 0 Å². The molecule has 1 unspecified atom stereocenters. The maximum atomic E-state index is 15.2. The third kappa shape index (κ3) is 5.57. The van der Waals surface area contributed by atoms with Gasteiger partial charge < -0.3 is 0 Å². The molecule has 41 heavy (non-hydrogen) atoms. The zero-order chi connectivity index (χ0) is 29.7. The standard InChI is InChI=1S/C37H44N2OP/c1-25-20-26(2)33(27(3)21-25)39-35(29-18-14-11-15-19-29)34(28-16-12-10-13-17-28)38(41(39)40)32-23-30(36(4,5)6)22-31(24-32)37(7,8)9/h10-24,34-35H,1-9H3/q+1/t34-,35-/m0/s1. The van der Waals surface area contributed by atoms with Crippen LogP contribution in [0.25, 0.3) is 0 Å². The largest absolute Gasteiger partial charge is 0.597 e. The van der Waals surface area contributed by atoms with E-state index in [-0.39, 0.29) is 22.9 Å². The predicted molar refractivity (Wildman–Crippen MR) is 175 cm³/mol. The second-order valence-corrected chi connectivity index (χ2v) is 15.0. The highest BCUT2D eigenvalue weighted by Crippen LogP contribution is 2.62. The van der Waals surface area contributed by atoms with Gasteiger partial charge in [0.1, 0.15) is 12.1 Å². The minimum atomic E-state index is -1.99. The van der Waals surface area contributed by atoms with Crippen molar-refractivity contribution in [1.82, 2.24) is 0 Å². The third-order valence-electron chi connectivity index (χ3n) is 8.26. The molecular weight excluding hydrogens is 519 g/mol. The molecule has 4 aromatic rings. The van der Waals surface area contributed by atoms with E-state index in [1.54, 1.807) is 0 Å². The lowest BCUT2D eigenvalue weighted by atomic mass is 9.80. The van der Waals surface area contributed by atoms with Gasteiger partial charge in [-0.05, 0) is 81.7 Å². The Bertz CT molecular complexity index is 1510. The molecule has 1 heterocycles. The predicted octanol–water partition coefficient (Wildman–Crippen LogP) is 10.7. The Morgan fingerprint density at radius 2 is 1.00 bits per heavy atom. The summed E-state index contributed by atoms with van der Waals surface area (Å²) >= 11 is 0. The van der Waals surface area contributed by atoms with E-state index in [1.165, 1.54) is 16.7 Å². The first-order chi connectivity index (χ1) is 19.3. The summed E-state index contributed by atoms with van der Waals surface area (Å²) in [7, 11) is -1.99. The van der Waals surface area contributed by atoms with Gasteiger partial charge in [-0.1, -0.05) is 126 Å². The van der Waals surface area contributed by atoms with Crippen molar-refractivity contribution in [1.29, 1.82) is 0 Å². The quantitative estimate of drug-likeness (QED) is 0.231. The minimum Gasteiger partial charge on any atom is -0.135 e. The Balaban J connectivity index is 1.84. The topological polar surface area (TPSA) is 23.6 Å². The fraction of sp³-hybridized carbons (Fsp3) is 0.351. The molecule has 1 saturated heterocycles. The average Bonchev–Trinajstić information content (AvgIpc) is 3.20. The molecule has 3 atom stereocenters. The van der Waals surface area contributed by atoms with Crippen LogP contribution in [0, 0.1) is 20.8 Å². The molecule has 4 heteroatoms. The summed E-state index contributed by atoms with van der Waals surface area (Å²) in [4.78, 5) is 0. The van der Waals surface area contributed by atoms with Crippen LogP contribution in [0.3, 0.4) is 0 Å². The van der Waals surface area contributed by atoms with Crippen molar-refractivity contribution in [2.75, 3.05) is 9.34 Å². The lowest BCUT2D eigenvalue weighted by molar-refractivity contribution is 0.566. The lowest BCUT2D eigenvalue weighted by Crippen LogP contribution is -2.25. The van der Waals surface area contributed by atoms with Crippen molar-refractivity contribution in [2.45, 2.75) is 85.2 Å². The number of benzene rings is 4. The van der Waals surface area contributed by atoms with Gasteiger partial charge in [0, 0.05) is 0 Å². The van der Waals surface area contributed by atoms with Crippen molar-refractivity contribution in [3.05, 3.63) is 130 Å². The number of rotatable bonds is 4. The fourth-order valence-corrected chi connectivity index (χ4v) is 8.11. The second-order valence-electron chi connectivity index (χ2n) is 13.7. The molecule has 0 aromatic heterocycles. The van der Waals surface area contributed by atoms with Crippen LogP contribution in [-0.2, 0) is 15.4 Å². The van der Waals surface area contributed by atoms with Crippen molar-refractivity contribution in [3.8, 4) is 0 Å². The molecule has 0 aliphatic carbocycles. The summed E-state index contributed by atoms with van der Waals surface area (Å²) in [6.07, 6.45) is 0. The van der Waals surface area contributed by atoms with Crippen LogP contribution in [0.4, 0.5) is 11.4 Å². The molecule has 0 radical (unpaired) electrons. The minimum absolute atomic E-state index is 0.0493. The Kier molecular flexibility index (Phi) is 7.64. The van der Waals surface area contributed by atoms with E-state index in [0.717, 1.165) is 33.6 Å². The van der Waals surface area contributed by atoms with Gasteiger partial charge in [-0.15, -0.1) is 9.34 Å². The number of nitrogens with zero attached hydrogens (tertiary/aromatic N) is 2. The molecule has 0 N–H and O–H groups in total.